The van der Waals surface area contributed by atoms with Crippen molar-refractivity contribution in [1.29, 1.82) is 0 Å². The van der Waals surface area contributed by atoms with Gasteiger partial charge in [-0.3, -0.25) is 0 Å². The van der Waals surface area contributed by atoms with Gasteiger partial charge >= 0.3 is 0 Å². The molecule has 0 atom stereocenters. The third-order valence-corrected chi connectivity index (χ3v) is 3.38. The monoisotopic (exact) mass is 315 g/mol. The molecule has 0 aliphatic carbocycles. The molecule has 0 bridgehead atoms. The van der Waals surface area contributed by atoms with Crippen LogP contribution in [0.15, 0.2) is 10.5 Å². The summed E-state index contributed by atoms with van der Waals surface area (Å²) < 4.78 is 17.4. The first kappa shape index (κ1) is 13.5. The molecule has 2 N–H and O–H groups in total. The summed E-state index contributed by atoms with van der Waals surface area (Å²) in [6, 6.07) is 1.95. The van der Waals surface area contributed by atoms with Gasteiger partial charge in [0.25, 0.3) is 0 Å². The Morgan fingerprint density at radius 2 is 2.06 bits per heavy atom. The van der Waals surface area contributed by atoms with Gasteiger partial charge in [-0.05, 0) is 42.3 Å². The second-order valence-electron chi connectivity index (χ2n) is 5.07. The van der Waals surface area contributed by atoms with E-state index in [9.17, 15) is 0 Å². The van der Waals surface area contributed by atoms with E-state index >= 15 is 0 Å². The Morgan fingerprint density at radius 3 is 2.67 bits per heavy atom. The van der Waals surface area contributed by atoms with Gasteiger partial charge in [0.05, 0.1) is 7.11 Å². The molecule has 0 radical (unpaired) electrons. The fraction of sp³-hybridized carbons (Fsp3) is 0.538. The lowest BCUT2D eigenvalue weighted by Gasteiger charge is -2.25. The van der Waals surface area contributed by atoms with Gasteiger partial charge in [0.15, 0.2) is 11.5 Å². The van der Waals surface area contributed by atoms with E-state index in [1.807, 2.05) is 19.9 Å². The fourth-order valence-electron chi connectivity index (χ4n) is 2.02. The number of benzene rings is 1. The topological polar surface area (TPSA) is 53.7 Å². The van der Waals surface area contributed by atoms with Crippen LogP contribution in [-0.4, -0.2) is 25.9 Å². The van der Waals surface area contributed by atoms with Crippen molar-refractivity contribution in [3.05, 3.63) is 16.1 Å². The average molecular weight is 316 g/mol. The zero-order valence-corrected chi connectivity index (χ0v) is 12.5. The Balaban J connectivity index is 2.48. The Morgan fingerprint density at radius 1 is 1.39 bits per heavy atom. The predicted octanol–water partition coefficient (Wildman–Crippen LogP) is 2.51. The molecule has 0 amide bonds. The first-order valence-electron chi connectivity index (χ1n) is 5.86. The highest BCUT2D eigenvalue weighted by Crippen LogP contribution is 2.46. The Labute approximate surface area is 116 Å². The van der Waals surface area contributed by atoms with E-state index in [2.05, 4.69) is 15.9 Å². The van der Waals surface area contributed by atoms with Crippen molar-refractivity contribution in [3.63, 3.8) is 0 Å². The van der Waals surface area contributed by atoms with Crippen molar-refractivity contribution in [2.24, 2.45) is 5.73 Å². The smallest absolute Gasteiger partial charge is 0.179 e. The molecule has 0 fully saturated rings. The zero-order chi connectivity index (χ0) is 13.3. The second-order valence-corrected chi connectivity index (χ2v) is 5.87. The van der Waals surface area contributed by atoms with Crippen molar-refractivity contribution in [2.45, 2.75) is 25.8 Å². The zero-order valence-electron chi connectivity index (χ0n) is 10.9. The van der Waals surface area contributed by atoms with Gasteiger partial charge in [-0.1, -0.05) is 0 Å². The van der Waals surface area contributed by atoms with Crippen LogP contribution in [0.2, 0.25) is 0 Å². The van der Waals surface area contributed by atoms with Gasteiger partial charge in [-0.2, -0.15) is 0 Å². The van der Waals surface area contributed by atoms with Crippen molar-refractivity contribution >= 4 is 15.9 Å². The molecule has 0 saturated heterocycles. The molecule has 2 rings (SSSR count). The van der Waals surface area contributed by atoms with Gasteiger partial charge in [-0.25, -0.2) is 0 Å². The molecule has 0 unspecified atom stereocenters. The molecule has 18 heavy (non-hydrogen) atoms. The summed E-state index contributed by atoms with van der Waals surface area (Å²) in [6.07, 6.45) is 0.700. The number of methoxy groups -OCH3 is 1. The number of rotatable bonds is 3. The van der Waals surface area contributed by atoms with E-state index < -0.39 is 0 Å². The minimum Gasteiger partial charge on any atom is -0.495 e. The number of ether oxygens (including phenoxy) is 3. The van der Waals surface area contributed by atoms with Crippen LogP contribution in [-0.2, 0) is 6.42 Å². The molecule has 1 aromatic carbocycles. The molecular weight excluding hydrogens is 298 g/mol. The number of hydrogen-bond acceptors (Lipinski definition) is 4. The third-order valence-electron chi connectivity index (χ3n) is 2.66. The van der Waals surface area contributed by atoms with Gasteiger partial charge in [0.1, 0.15) is 23.4 Å². The van der Waals surface area contributed by atoms with Crippen molar-refractivity contribution in [2.75, 3.05) is 20.3 Å². The molecule has 0 saturated carbocycles. The highest BCUT2D eigenvalue weighted by Gasteiger charge is 2.24. The second kappa shape index (κ2) is 4.97. The van der Waals surface area contributed by atoms with Crippen molar-refractivity contribution in [3.8, 4) is 17.2 Å². The molecule has 1 aliphatic heterocycles. The highest BCUT2D eigenvalue weighted by molar-refractivity contribution is 9.10. The van der Waals surface area contributed by atoms with Crippen LogP contribution in [0.3, 0.4) is 0 Å². The first-order chi connectivity index (χ1) is 8.42. The fourth-order valence-corrected chi connectivity index (χ4v) is 2.75. The molecule has 1 aliphatic rings. The van der Waals surface area contributed by atoms with E-state index in [1.165, 1.54) is 0 Å². The number of halogens is 1. The minimum absolute atomic E-state index is 0.309. The maximum Gasteiger partial charge on any atom is 0.179 e. The summed E-state index contributed by atoms with van der Waals surface area (Å²) in [4.78, 5) is 0. The number of nitrogens with two attached hydrogens (primary N) is 1. The van der Waals surface area contributed by atoms with Crippen LogP contribution in [0.1, 0.15) is 19.4 Å². The summed E-state index contributed by atoms with van der Waals surface area (Å²) in [6.45, 7) is 5.09. The van der Waals surface area contributed by atoms with Crippen LogP contribution in [0.4, 0.5) is 0 Å². The molecule has 0 aromatic heterocycles. The maximum atomic E-state index is 6.07. The van der Waals surface area contributed by atoms with E-state index in [-0.39, 0.29) is 5.54 Å². The van der Waals surface area contributed by atoms with Crippen molar-refractivity contribution < 1.29 is 14.2 Å². The van der Waals surface area contributed by atoms with Crippen LogP contribution in [0.25, 0.3) is 0 Å². The van der Waals surface area contributed by atoms with Gasteiger partial charge in [0, 0.05) is 11.1 Å². The van der Waals surface area contributed by atoms with E-state index in [0.29, 0.717) is 25.4 Å². The van der Waals surface area contributed by atoms with Gasteiger partial charge < -0.3 is 19.9 Å². The van der Waals surface area contributed by atoms with E-state index in [0.717, 1.165) is 21.5 Å². The number of hydrogen-bond donors (Lipinski definition) is 1. The SMILES string of the molecule is COc1c(CC(C)(C)N)cc2c(c1Br)OCCO2. The average Bonchev–Trinajstić information content (AvgIpc) is 2.27. The van der Waals surface area contributed by atoms with Crippen LogP contribution < -0.4 is 19.9 Å². The normalized spacial score (nSPS) is 14.5. The summed E-state index contributed by atoms with van der Waals surface area (Å²) in [5, 5.41) is 0. The summed E-state index contributed by atoms with van der Waals surface area (Å²) >= 11 is 3.51. The van der Waals surface area contributed by atoms with Crippen LogP contribution in [0.5, 0.6) is 17.2 Å². The lowest BCUT2D eigenvalue weighted by Crippen LogP contribution is -2.34. The summed E-state index contributed by atoms with van der Waals surface area (Å²) in [7, 11) is 1.64. The van der Waals surface area contributed by atoms with Crippen LogP contribution in [0, 0.1) is 0 Å². The van der Waals surface area contributed by atoms with E-state index in [4.69, 9.17) is 19.9 Å². The Bertz CT molecular complexity index is 455. The molecule has 5 heteroatoms. The molecule has 0 spiro atoms. The summed E-state index contributed by atoms with van der Waals surface area (Å²) in [5.41, 5.74) is 6.78. The number of fused-ring (bicyclic) bond motifs is 1. The van der Waals surface area contributed by atoms with Gasteiger partial charge in [0.2, 0.25) is 0 Å². The predicted molar refractivity (Wildman–Crippen MR) is 73.7 cm³/mol. The maximum absolute atomic E-state index is 6.07. The highest BCUT2D eigenvalue weighted by atomic mass is 79.9. The van der Waals surface area contributed by atoms with Crippen LogP contribution >= 0.6 is 15.9 Å². The molecule has 1 heterocycles. The third kappa shape index (κ3) is 2.72. The largest absolute Gasteiger partial charge is 0.495 e. The van der Waals surface area contributed by atoms with Gasteiger partial charge in [-0.15, -0.1) is 0 Å². The van der Waals surface area contributed by atoms with E-state index in [1.54, 1.807) is 7.11 Å². The summed E-state index contributed by atoms with van der Waals surface area (Å²) in [5.74, 6) is 2.21. The quantitative estimate of drug-likeness (QED) is 0.931. The molecule has 4 nitrogen and oxygen atoms in total. The lowest BCUT2D eigenvalue weighted by atomic mass is 9.95. The molecular formula is C13H18BrNO3. The Hall–Kier alpha value is -0.940. The molecule has 1 aromatic rings. The van der Waals surface area contributed by atoms with Crippen molar-refractivity contribution in [1.82, 2.24) is 0 Å². The lowest BCUT2D eigenvalue weighted by molar-refractivity contribution is 0.169. The first-order valence-corrected chi connectivity index (χ1v) is 6.65. The minimum atomic E-state index is -0.309. The Kier molecular flexibility index (Phi) is 3.73. The molecule has 100 valence electrons. The standard InChI is InChI=1S/C13H18BrNO3/c1-13(2,15)7-8-6-9-12(18-5-4-17-9)10(14)11(8)16-3/h6H,4-5,7,15H2,1-3H3.